The highest BCUT2D eigenvalue weighted by Crippen LogP contribution is 2.55. The summed E-state index contributed by atoms with van der Waals surface area (Å²) in [6.07, 6.45) is 8.80. The van der Waals surface area contributed by atoms with Gasteiger partial charge in [0, 0.05) is 30.7 Å². The Hall–Kier alpha value is -1.14. The normalized spacial score (nSPS) is 35.7. The zero-order valence-corrected chi connectivity index (χ0v) is 19.5. The van der Waals surface area contributed by atoms with Crippen molar-refractivity contribution >= 4 is 11.8 Å². The Labute approximate surface area is 182 Å². The minimum atomic E-state index is -0.196. The first-order valence-electron chi connectivity index (χ1n) is 12.2. The molecule has 0 aromatic heterocycles. The molecule has 6 heteroatoms. The zero-order chi connectivity index (χ0) is 21.5. The van der Waals surface area contributed by atoms with Gasteiger partial charge in [0.1, 0.15) is 0 Å². The van der Waals surface area contributed by atoms with Gasteiger partial charge in [-0.2, -0.15) is 0 Å². The van der Waals surface area contributed by atoms with E-state index < -0.39 is 0 Å². The molecule has 1 saturated heterocycles. The van der Waals surface area contributed by atoms with E-state index in [1.807, 2.05) is 20.8 Å². The van der Waals surface area contributed by atoms with Crippen LogP contribution < -0.4 is 10.6 Å². The Morgan fingerprint density at radius 1 is 0.967 bits per heavy atom. The average Bonchev–Trinajstić information content (AvgIpc) is 2.83. The lowest BCUT2D eigenvalue weighted by atomic mass is 9.53. The van der Waals surface area contributed by atoms with Crippen molar-refractivity contribution in [1.82, 2.24) is 20.4 Å². The molecule has 2 amide bonds. The summed E-state index contributed by atoms with van der Waals surface area (Å²) < 4.78 is 0. The van der Waals surface area contributed by atoms with Crippen molar-refractivity contribution in [3.05, 3.63) is 0 Å². The second-order valence-corrected chi connectivity index (χ2v) is 11.8. The highest BCUT2D eigenvalue weighted by molar-refractivity contribution is 5.82. The fourth-order valence-corrected chi connectivity index (χ4v) is 6.99. The van der Waals surface area contributed by atoms with Crippen LogP contribution in [0.5, 0.6) is 0 Å². The summed E-state index contributed by atoms with van der Waals surface area (Å²) in [5, 5.41) is 6.61. The highest BCUT2D eigenvalue weighted by atomic mass is 16.2. The SMILES string of the molecule is C[C@@H](C(=O)NC12CC3CC(CC(C3)C1)C2)N1CCCN(CC(=O)NC(C)(C)C)CC1. The molecule has 4 saturated carbocycles. The van der Waals surface area contributed by atoms with E-state index in [-0.39, 0.29) is 28.9 Å². The Balaban J connectivity index is 1.28. The van der Waals surface area contributed by atoms with Crippen LogP contribution in [0.15, 0.2) is 0 Å². The third kappa shape index (κ3) is 5.18. The number of carbonyl (C=O) groups is 2. The van der Waals surface area contributed by atoms with Crippen molar-refractivity contribution in [2.45, 2.75) is 89.8 Å². The fraction of sp³-hybridized carbons (Fsp3) is 0.917. The quantitative estimate of drug-likeness (QED) is 0.720. The number of hydrogen-bond donors (Lipinski definition) is 2. The number of hydrogen-bond acceptors (Lipinski definition) is 4. The minimum absolute atomic E-state index is 0.0863. The van der Waals surface area contributed by atoms with E-state index in [1.165, 1.54) is 38.5 Å². The smallest absolute Gasteiger partial charge is 0.237 e. The number of amides is 2. The predicted octanol–water partition coefficient (Wildman–Crippen LogP) is 2.38. The lowest BCUT2D eigenvalue weighted by Crippen LogP contribution is -2.62. The molecule has 30 heavy (non-hydrogen) atoms. The highest BCUT2D eigenvalue weighted by Gasteiger charge is 2.51. The summed E-state index contributed by atoms with van der Waals surface area (Å²) in [5.74, 6) is 2.84. The van der Waals surface area contributed by atoms with Crippen LogP contribution in [0, 0.1) is 17.8 Å². The molecule has 1 atom stereocenters. The van der Waals surface area contributed by atoms with Crippen LogP contribution in [-0.4, -0.2) is 71.5 Å². The van der Waals surface area contributed by atoms with Crippen LogP contribution >= 0.6 is 0 Å². The van der Waals surface area contributed by atoms with Gasteiger partial charge in [0.25, 0.3) is 0 Å². The Morgan fingerprint density at radius 3 is 2.13 bits per heavy atom. The van der Waals surface area contributed by atoms with E-state index in [0.29, 0.717) is 6.54 Å². The van der Waals surface area contributed by atoms with Gasteiger partial charge in [0.15, 0.2) is 0 Å². The monoisotopic (exact) mass is 418 g/mol. The topological polar surface area (TPSA) is 64.7 Å². The third-order valence-electron chi connectivity index (χ3n) is 7.86. The Bertz CT molecular complexity index is 621. The van der Waals surface area contributed by atoms with E-state index in [4.69, 9.17) is 0 Å². The van der Waals surface area contributed by atoms with Crippen LogP contribution in [0.2, 0.25) is 0 Å². The fourth-order valence-electron chi connectivity index (χ4n) is 6.99. The molecule has 0 spiro atoms. The van der Waals surface area contributed by atoms with E-state index in [9.17, 15) is 9.59 Å². The molecule has 6 nitrogen and oxygen atoms in total. The van der Waals surface area contributed by atoms with Gasteiger partial charge >= 0.3 is 0 Å². The summed E-state index contributed by atoms with van der Waals surface area (Å²) in [6, 6.07) is -0.0960. The molecule has 170 valence electrons. The maximum atomic E-state index is 13.2. The van der Waals surface area contributed by atoms with Crippen LogP contribution in [0.25, 0.3) is 0 Å². The molecule has 1 aliphatic heterocycles. The van der Waals surface area contributed by atoms with E-state index >= 15 is 0 Å². The summed E-state index contributed by atoms with van der Waals surface area (Å²) in [7, 11) is 0. The number of nitrogens with zero attached hydrogens (tertiary/aromatic N) is 2. The number of carbonyl (C=O) groups excluding carboxylic acids is 2. The molecule has 0 radical (unpaired) electrons. The first-order valence-corrected chi connectivity index (χ1v) is 12.2. The molecule has 5 rings (SSSR count). The molecule has 5 aliphatic rings. The van der Waals surface area contributed by atoms with Crippen molar-refractivity contribution in [2.24, 2.45) is 17.8 Å². The first kappa shape index (κ1) is 22.1. The van der Waals surface area contributed by atoms with Crippen molar-refractivity contribution in [3.63, 3.8) is 0 Å². The van der Waals surface area contributed by atoms with E-state index in [1.54, 1.807) is 0 Å². The van der Waals surface area contributed by atoms with Crippen LogP contribution in [0.4, 0.5) is 0 Å². The molecule has 4 aliphatic carbocycles. The largest absolute Gasteiger partial charge is 0.350 e. The van der Waals surface area contributed by atoms with Gasteiger partial charge in [-0.05, 0) is 96.9 Å². The summed E-state index contributed by atoms with van der Waals surface area (Å²) in [4.78, 5) is 30.1. The van der Waals surface area contributed by atoms with Gasteiger partial charge in [0.05, 0.1) is 12.6 Å². The van der Waals surface area contributed by atoms with Gasteiger partial charge in [0.2, 0.25) is 11.8 Å². The maximum absolute atomic E-state index is 13.2. The second kappa shape index (κ2) is 8.42. The lowest BCUT2D eigenvalue weighted by molar-refractivity contribution is -0.131. The van der Waals surface area contributed by atoms with Gasteiger partial charge in [-0.25, -0.2) is 0 Å². The summed E-state index contributed by atoms with van der Waals surface area (Å²) >= 11 is 0. The first-order chi connectivity index (χ1) is 14.1. The zero-order valence-electron chi connectivity index (χ0n) is 19.5. The molecule has 0 aromatic rings. The number of nitrogens with one attached hydrogen (secondary N) is 2. The lowest BCUT2D eigenvalue weighted by Gasteiger charge is -2.57. The Morgan fingerprint density at radius 2 is 1.57 bits per heavy atom. The predicted molar refractivity (Wildman–Crippen MR) is 119 cm³/mol. The summed E-state index contributed by atoms with van der Waals surface area (Å²) in [6.45, 7) is 12.1. The maximum Gasteiger partial charge on any atom is 0.237 e. The van der Waals surface area contributed by atoms with Crippen molar-refractivity contribution in [2.75, 3.05) is 32.7 Å². The van der Waals surface area contributed by atoms with Crippen LogP contribution in [0.3, 0.4) is 0 Å². The molecular formula is C24H42N4O2. The molecule has 2 N–H and O–H groups in total. The van der Waals surface area contributed by atoms with Gasteiger partial charge in [-0.1, -0.05) is 0 Å². The van der Waals surface area contributed by atoms with Gasteiger partial charge < -0.3 is 10.6 Å². The third-order valence-corrected chi connectivity index (χ3v) is 7.86. The average molecular weight is 419 g/mol. The molecule has 1 heterocycles. The van der Waals surface area contributed by atoms with Crippen molar-refractivity contribution < 1.29 is 9.59 Å². The van der Waals surface area contributed by atoms with E-state index in [0.717, 1.165) is 50.4 Å². The van der Waals surface area contributed by atoms with Gasteiger partial charge in [-0.3, -0.25) is 19.4 Å². The second-order valence-electron chi connectivity index (χ2n) is 11.8. The number of rotatable bonds is 5. The van der Waals surface area contributed by atoms with Gasteiger partial charge in [-0.15, -0.1) is 0 Å². The summed E-state index contributed by atoms with van der Waals surface area (Å²) in [5.41, 5.74) is -0.109. The minimum Gasteiger partial charge on any atom is -0.350 e. The standard InChI is InChI=1S/C24H42N4O2/c1-17(22(30)26-24-13-18-10-19(14-24)12-20(11-18)15-24)28-7-5-6-27(8-9-28)16-21(29)25-23(2,3)4/h17-20H,5-16H2,1-4H3,(H,25,29)(H,26,30)/t17-,18?,19?,20?,24?/m0/s1. The van der Waals surface area contributed by atoms with Crippen molar-refractivity contribution in [1.29, 1.82) is 0 Å². The molecule has 5 fully saturated rings. The molecular weight excluding hydrogens is 376 g/mol. The van der Waals surface area contributed by atoms with Crippen LogP contribution in [-0.2, 0) is 9.59 Å². The molecule has 0 unspecified atom stereocenters. The Kier molecular flexibility index (Phi) is 6.19. The van der Waals surface area contributed by atoms with Crippen molar-refractivity contribution in [3.8, 4) is 0 Å². The molecule has 0 aromatic carbocycles. The molecule has 4 bridgehead atoms. The van der Waals surface area contributed by atoms with E-state index in [2.05, 4.69) is 27.4 Å². The van der Waals surface area contributed by atoms with Crippen LogP contribution in [0.1, 0.15) is 72.6 Å².